The number of carbonyl (C=O) groups is 1. The van der Waals surface area contributed by atoms with Gasteiger partial charge in [-0.15, -0.1) is 0 Å². The van der Waals surface area contributed by atoms with Crippen LogP contribution in [0.4, 0.5) is 0 Å². The van der Waals surface area contributed by atoms with Crippen molar-refractivity contribution in [2.45, 2.75) is 105 Å². The summed E-state index contributed by atoms with van der Waals surface area (Å²) in [6.07, 6.45) is 12.3. The molecule has 0 heterocycles. The Morgan fingerprint density at radius 1 is 1.07 bits per heavy atom. The van der Waals surface area contributed by atoms with Crippen molar-refractivity contribution in [3.05, 3.63) is 11.1 Å². The van der Waals surface area contributed by atoms with Crippen molar-refractivity contribution in [3.63, 3.8) is 0 Å². The van der Waals surface area contributed by atoms with Gasteiger partial charge in [0.15, 0.2) is 0 Å². The summed E-state index contributed by atoms with van der Waals surface area (Å²) in [6, 6.07) is 0. The average Bonchev–Trinajstić information content (AvgIpc) is 3.25. The number of allylic oxidation sites excluding steroid dienone is 2. The third-order valence-corrected chi connectivity index (χ3v) is 12.0. The fourth-order valence-electron chi connectivity index (χ4n) is 10.0. The van der Waals surface area contributed by atoms with Crippen LogP contribution in [0, 0.1) is 38.9 Å². The minimum atomic E-state index is -0.639. The molecule has 0 aromatic rings. The fourth-order valence-corrected chi connectivity index (χ4v) is 10.0. The molecular formula is C27H42O3. The summed E-state index contributed by atoms with van der Waals surface area (Å²) >= 11 is 0. The monoisotopic (exact) mass is 414 g/mol. The van der Waals surface area contributed by atoms with E-state index in [0.29, 0.717) is 23.4 Å². The molecule has 2 spiro atoms. The first-order valence-electron chi connectivity index (χ1n) is 12.5. The normalized spacial score (nSPS) is 49.5. The van der Waals surface area contributed by atoms with E-state index in [2.05, 4.69) is 34.6 Å². The topological polar surface area (TPSA) is 46.5 Å². The van der Waals surface area contributed by atoms with Crippen molar-refractivity contribution in [1.29, 1.82) is 0 Å². The minimum Gasteiger partial charge on any atom is -0.481 e. The van der Waals surface area contributed by atoms with E-state index in [1.165, 1.54) is 57.8 Å². The van der Waals surface area contributed by atoms with Crippen LogP contribution in [0.2, 0.25) is 0 Å². The second-order valence-corrected chi connectivity index (χ2v) is 12.8. The Labute approximate surface area is 183 Å². The molecule has 3 nitrogen and oxygen atoms in total. The van der Waals surface area contributed by atoms with E-state index >= 15 is 0 Å². The molecule has 0 aromatic carbocycles. The van der Waals surface area contributed by atoms with Crippen molar-refractivity contribution in [2.24, 2.45) is 38.9 Å². The van der Waals surface area contributed by atoms with Crippen LogP contribution in [0.3, 0.4) is 0 Å². The lowest BCUT2D eigenvalue weighted by atomic mass is 9.48. The molecule has 7 atom stereocenters. The van der Waals surface area contributed by atoms with Gasteiger partial charge in [0.05, 0.1) is 6.10 Å². The molecule has 5 rings (SSSR count). The smallest absolute Gasteiger partial charge is 0.303 e. The molecule has 5 aliphatic rings. The molecule has 30 heavy (non-hydrogen) atoms. The maximum absolute atomic E-state index is 11.5. The second-order valence-electron chi connectivity index (χ2n) is 12.8. The summed E-state index contributed by atoms with van der Waals surface area (Å²) in [7, 11) is 1.91. The van der Waals surface area contributed by atoms with Crippen LogP contribution in [-0.2, 0) is 9.53 Å². The third-order valence-electron chi connectivity index (χ3n) is 12.0. The summed E-state index contributed by atoms with van der Waals surface area (Å²) in [5.74, 6) is 0.378. The van der Waals surface area contributed by atoms with Gasteiger partial charge in [-0.1, -0.05) is 45.8 Å². The average molecular weight is 415 g/mol. The summed E-state index contributed by atoms with van der Waals surface area (Å²) < 4.78 is 5.96. The Kier molecular flexibility index (Phi) is 4.31. The summed E-state index contributed by atoms with van der Waals surface area (Å²) in [6.45, 7) is 12.1. The van der Waals surface area contributed by atoms with Crippen molar-refractivity contribution in [2.75, 3.05) is 7.11 Å². The number of methoxy groups -OCH3 is 1. The van der Waals surface area contributed by atoms with Gasteiger partial charge >= 0.3 is 5.97 Å². The van der Waals surface area contributed by atoms with Crippen molar-refractivity contribution >= 4 is 5.97 Å². The molecule has 1 N–H and O–H groups in total. The molecule has 0 saturated heterocycles. The standard InChI is InChI=1S/C27H42O3/c1-17(15-22(28)29)24(4)11-9-18-19-7-8-20-23(2,3)21(30-6)10-12-27(20)16-26(19,27)14-13-25(18,24)5/h17,20-21H,7-16H2,1-6H3,(H,28,29)/t17-,20+,21-,24+,25+,26+,27-/m1/s1. The first-order valence-corrected chi connectivity index (χ1v) is 12.5. The van der Waals surface area contributed by atoms with Crippen LogP contribution >= 0.6 is 0 Å². The van der Waals surface area contributed by atoms with Crippen molar-refractivity contribution < 1.29 is 14.6 Å². The first kappa shape index (κ1) is 21.0. The van der Waals surface area contributed by atoms with Crippen LogP contribution in [-0.4, -0.2) is 24.3 Å². The Hall–Kier alpha value is -0.830. The maximum atomic E-state index is 11.5. The van der Waals surface area contributed by atoms with Crippen molar-refractivity contribution in [3.8, 4) is 0 Å². The van der Waals surface area contributed by atoms with Gasteiger partial charge in [-0.25, -0.2) is 0 Å². The highest BCUT2D eigenvalue weighted by Gasteiger charge is 2.78. The molecule has 0 aromatic heterocycles. The van der Waals surface area contributed by atoms with Crippen LogP contribution < -0.4 is 0 Å². The number of hydrogen-bond donors (Lipinski definition) is 1. The van der Waals surface area contributed by atoms with Crippen molar-refractivity contribution in [1.82, 2.24) is 0 Å². The van der Waals surface area contributed by atoms with Gasteiger partial charge in [0.2, 0.25) is 0 Å². The van der Waals surface area contributed by atoms with E-state index in [1.807, 2.05) is 12.7 Å². The van der Waals surface area contributed by atoms with E-state index in [9.17, 15) is 9.90 Å². The molecule has 0 unspecified atom stereocenters. The van der Waals surface area contributed by atoms with E-state index in [-0.39, 0.29) is 22.2 Å². The lowest BCUT2D eigenvalue weighted by Gasteiger charge is -2.57. The van der Waals surface area contributed by atoms with Crippen LogP contribution in [0.1, 0.15) is 98.8 Å². The molecular weight excluding hydrogens is 372 g/mol. The highest BCUT2D eigenvalue weighted by atomic mass is 16.5. The molecule has 4 fully saturated rings. The Morgan fingerprint density at radius 3 is 2.47 bits per heavy atom. The van der Waals surface area contributed by atoms with E-state index < -0.39 is 5.97 Å². The Bertz CT molecular complexity index is 811. The first-order chi connectivity index (χ1) is 14.0. The maximum Gasteiger partial charge on any atom is 0.303 e. The number of carboxylic acid groups (broad SMARTS) is 1. The summed E-state index contributed by atoms with van der Waals surface area (Å²) in [4.78, 5) is 11.5. The highest BCUT2D eigenvalue weighted by molar-refractivity contribution is 5.67. The second kappa shape index (κ2) is 6.15. The predicted octanol–water partition coefficient (Wildman–Crippen LogP) is 6.62. The zero-order chi connectivity index (χ0) is 21.7. The number of hydrogen-bond acceptors (Lipinski definition) is 2. The van der Waals surface area contributed by atoms with Gasteiger partial charge in [-0.2, -0.15) is 0 Å². The number of carboxylic acids is 1. The summed E-state index contributed by atoms with van der Waals surface area (Å²) in [5, 5.41) is 9.47. The molecule has 0 bridgehead atoms. The lowest BCUT2D eigenvalue weighted by molar-refractivity contribution is -0.139. The van der Waals surface area contributed by atoms with Crippen LogP contribution in [0.15, 0.2) is 11.1 Å². The third kappa shape index (κ3) is 2.24. The van der Waals surface area contributed by atoms with Gasteiger partial charge in [0.1, 0.15) is 0 Å². The molecule has 3 heteroatoms. The zero-order valence-corrected chi connectivity index (χ0v) is 20.1. The van der Waals surface area contributed by atoms with Crippen LogP contribution in [0.25, 0.3) is 0 Å². The van der Waals surface area contributed by atoms with Gasteiger partial charge in [-0.05, 0) is 96.7 Å². The largest absolute Gasteiger partial charge is 0.481 e. The Morgan fingerprint density at radius 2 is 1.80 bits per heavy atom. The van der Waals surface area contributed by atoms with E-state index in [1.54, 1.807) is 5.57 Å². The van der Waals surface area contributed by atoms with Gasteiger partial charge in [0, 0.05) is 13.5 Å². The number of rotatable bonds is 4. The van der Waals surface area contributed by atoms with Crippen LogP contribution in [0.5, 0.6) is 0 Å². The molecule has 0 aliphatic heterocycles. The van der Waals surface area contributed by atoms with E-state index in [4.69, 9.17) is 4.74 Å². The molecule has 0 amide bonds. The lowest BCUT2D eigenvalue weighted by Crippen LogP contribution is -2.51. The predicted molar refractivity (Wildman–Crippen MR) is 119 cm³/mol. The molecule has 0 radical (unpaired) electrons. The number of aliphatic carboxylic acids is 1. The SMILES string of the molecule is CO[C@@H]1CC[C@]23C[C@]24CC[C@@]2(C)C(=C4CC[C@H]3C1(C)C)CC[C@@]2(C)[C@H](C)CC(=O)O. The van der Waals surface area contributed by atoms with Gasteiger partial charge < -0.3 is 9.84 Å². The highest BCUT2D eigenvalue weighted by Crippen LogP contribution is 2.86. The fraction of sp³-hybridized carbons (Fsp3) is 0.889. The zero-order valence-electron chi connectivity index (χ0n) is 20.1. The quantitative estimate of drug-likeness (QED) is 0.526. The Balaban J connectivity index is 1.53. The molecule has 168 valence electrons. The van der Waals surface area contributed by atoms with E-state index in [0.717, 1.165) is 5.92 Å². The molecule has 4 saturated carbocycles. The van der Waals surface area contributed by atoms with Gasteiger partial charge in [0.25, 0.3) is 0 Å². The number of ether oxygens (including phenoxy) is 1. The minimum absolute atomic E-state index is 0.112. The number of fused-ring (bicyclic) bond motifs is 1. The molecule has 5 aliphatic carbocycles. The summed E-state index contributed by atoms with van der Waals surface area (Å²) in [5.41, 5.74) is 5.20. The van der Waals surface area contributed by atoms with Gasteiger partial charge in [-0.3, -0.25) is 4.79 Å².